The first-order chi connectivity index (χ1) is 11.1. The molecule has 0 aliphatic carbocycles. The van der Waals surface area contributed by atoms with Crippen LogP contribution in [0, 0.1) is 0 Å². The maximum Gasteiger partial charge on any atom is 0.411 e. The van der Waals surface area contributed by atoms with E-state index in [1.807, 2.05) is 0 Å². The highest BCUT2D eigenvalue weighted by atomic mass is 16.6. The van der Waals surface area contributed by atoms with E-state index in [-0.39, 0.29) is 24.6 Å². The van der Waals surface area contributed by atoms with Crippen LogP contribution in [0.2, 0.25) is 0 Å². The molecule has 1 aliphatic rings. The van der Waals surface area contributed by atoms with Gasteiger partial charge in [0.15, 0.2) is 11.5 Å². The highest BCUT2D eigenvalue weighted by molar-refractivity contribution is 5.94. The first-order valence-electron chi connectivity index (χ1n) is 7.52. The number of aromatic hydroxyl groups is 1. The van der Waals surface area contributed by atoms with Crippen molar-refractivity contribution in [1.29, 1.82) is 0 Å². The Kier molecular flexibility index (Phi) is 4.66. The van der Waals surface area contributed by atoms with Crippen molar-refractivity contribution in [3.05, 3.63) is 21.9 Å². The summed E-state index contributed by atoms with van der Waals surface area (Å²) in [4.78, 5) is 41.4. The summed E-state index contributed by atoms with van der Waals surface area (Å²) in [6.07, 6.45) is -0.653. The van der Waals surface area contributed by atoms with E-state index < -0.39 is 41.4 Å². The fraction of sp³-hybridized carbons (Fsp3) is 0.600. The summed E-state index contributed by atoms with van der Waals surface area (Å²) in [6.45, 7) is 5.98. The summed E-state index contributed by atoms with van der Waals surface area (Å²) in [5, 5.41) is 19.5. The van der Waals surface area contributed by atoms with E-state index >= 15 is 0 Å². The van der Waals surface area contributed by atoms with Crippen LogP contribution in [0.15, 0.2) is 4.79 Å². The summed E-state index contributed by atoms with van der Waals surface area (Å²) >= 11 is 0. The summed E-state index contributed by atoms with van der Waals surface area (Å²) in [7, 11) is 0. The average molecular weight is 339 g/mol. The molecule has 24 heavy (non-hydrogen) atoms. The molecule has 0 spiro atoms. The Bertz CT molecular complexity index is 734. The molecule has 0 fully saturated rings. The zero-order chi connectivity index (χ0) is 18.2. The highest BCUT2D eigenvalue weighted by Gasteiger charge is 2.36. The minimum atomic E-state index is -0.944. The molecule has 2 heterocycles. The molecule has 1 amide bonds. The van der Waals surface area contributed by atoms with Gasteiger partial charge in [-0.25, -0.2) is 9.78 Å². The number of ether oxygens (including phenoxy) is 1. The first-order valence-corrected chi connectivity index (χ1v) is 7.52. The molecule has 9 heteroatoms. The van der Waals surface area contributed by atoms with Crippen molar-refractivity contribution in [3.8, 4) is 5.75 Å². The van der Waals surface area contributed by atoms with E-state index in [1.54, 1.807) is 20.8 Å². The van der Waals surface area contributed by atoms with Crippen LogP contribution < -0.4 is 5.56 Å². The summed E-state index contributed by atoms with van der Waals surface area (Å²) < 4.78 is 6.46. The number of rotatable bonds is 2. The Hall–Kier alpha value is -2.42. The number of aliphatic hydroxyl groups excluding tert-OH is 1. The lowest BCUT2D eigenvalue weighted by molar-refractivity contribution is 0.00105. The predicted molar refractivity (Wildman–Crippen MR) is 82.9 cm³/mol. The third-order valence-electron chi connectivity index (χ3n) is 3.55. The van der Waals surface area contributed by atoms with Crippen molar-refractivity contribution in [1.82, 2.24) is 14.5 Å². The number of hydrogen-bond donors (Lipinski definition) is 2. The van der Waals surface area contributed by atoms with Crippen LogP contribution in [-0.4, -0.2) is 55.3 Å². The number of amides is 1. The van der Waals surface area contributed by atoms with Crippen LogP contribution >= 0.6 is 0 Å². The third kappa shape index (κ3) is 3.25. The number of fused-ring (bicyclic) bond motifs is 1. The van der Waals surface area contributed by atoms with Crippen molar-refractivity contribution < 1.29 is 24.5 Å². The Morgan fingerprint density at radius 1 is 1.33 bits per heavy atom. The van der Waals surface area contributed by atoms with Crippen molar-refractivity contribution in [2.24, 2.45) is 0 Å². The zero-order valence-electron chi connectivity index (χ0n) is 14.1. The maximum absolute atomic E-state index is 12.3. The van der Waals surface area contributed by atoms with Crippen LogP contribution in [0.25, 0.3) is 0 Å². The lowest BCUT2D eigenvalue weighted by Crippen LogP contribution is -2.49. The lowest BCUT2D eigenvalue weighted by Gasteiger charge is -2.36. The van der Waals surface area contributed by atoms with Crippen molar-refractivity contribution in [2.45, 2.75) is 45.9 Å². The minimum absolute atomic E-state index is 0.0441. The highest BCUT2D eigenvalue weighted by Crippen LogP contribution is 2.26. The number of carbonyl (C=O) groups excluding carboxylic acids is 2. The topological polar surface area (TPSA) is 122 Å². The van der Waals surface area contributed by atoms with Crippen LogP contribution in [-0.2, 0) is 11.3 Å². The molecule has 0 saturated heterocycles. The molecule has 0 saturated carbocycles. The molecule has 1 aromatic rings. The molecular formula is C15H21N3O6. The van der Waals surface area contributed by atoms with Crippen LogP contribution in [0.4, 0.5) is 4.79 Å². The van der Waals surface area contributed by atoms with Gasteiger partial charge in [-0.2, -0.15) is 0 Å². The Morgan fingerprint density at radius 3 is 2.46 bits per heavy atom. The number of Topliss-reactive ketones (excluding diaryl/α,β-unsaturated/α-hetero) is 1. The van der Waals surface area contributed by atoms with Gasteiger partial charge in [-0.05, 0) is 20.8 Å². The molecule has 0 bridgehead atoms. The normalized spacial score (nSPS) is 17.4. The van der Waals surface area contributed by atoms with E-state index in [1.165, 1.54) is 11.8 Å². The zero-order valence-corrected chi connectivity index (χ0v) is 14.1. The number of hydrogen-bond acceptors (Lipinski definition) is 7. The number of carbonyl (C=O) groups is 2. The molecule has 9 nitrogen and oxygen atoms in total. The molecule has 1 aliphatic heterocycles. The molecule has 2 rings (SSSR count). The summed E-state index contributed by atoms with van der Waals surface area (Å²) in [5.74, 6) is -1.27. The quantitative estimate of drug-likeness (QED) is 0.749. The molecule has 132 valence electrons. The van der Waals surface area contributed by atoms with Gasteiger partial charge in [-0.15, -0.1) is 0 Å². The summed E-state index contributed by atoms with van der Waals surface area (Å²) in [5.41, 5.74) is -1.87. The summed E-state index contributed by atoms with van der Waals surface area (Å²) in [6, 6.07) is -0.944. The van der Waals surface area contributed by atoms with Gasteiger partial charge in [-0.3, -0.25) is 19.1 Å². The second-order valence-electron chi connectivity index (χ2n) is 6.55. The monoisotopic (exact) mass is 339 g/mol. The van der Waals surface area contributed by atoms with E-state index in [0.717, 1.165) is 4.57 Å². The largest absolute Gasteiger partial charge is 0.501 e. The SMILES string of the molecule is CC(=O)c1nc2n(c(=O)c1O)CCN(C(=O)OC(C)(C)C)C2CO. The van der Waals surface area contributed by atoms with Gasteiger partial charge in [-0.1, -0.05) is 0 Å². The Balaban J connectivity index is 2.50. The second kappa shape index (κ2) is 6.23. The van der Waals surface area contributed by atoms with E-state index in [2.05, 4.69) is 4.98 Å². The molecule has 1 unspecified atom stereocenters. The van der Waals surface area contributed by atoms with Gasteiger partial charge in [0.1, 0.15) is 17.5 Å². The van der Waals surface area contributed by atoms with Gasteiger partial charge < -0.3 is 14.9 Å². The molecule has 0 radical (unpaired) electrons. The van der Waals surface area contributed by atoms with Gasteiger partial charge in [0.25, 0.3) is 5.56 Å². The predicted octanol–water partition coefficient (Wildman–Crippen LogP) is 0.436. The van der Waals surface area contributed by atoms with Gasteiger partial charge in [0, 0.05) is 20.0 Å². The molecule has 2 N–H and O–H groups in total. The lowest BCUT2D eigenvalue weighted by atomic mass is 10.1. The smallest absolute Gasteiger partial charge is 0.411 e. The van der Waals surface area contributed by atoms with E-state index in [4.69, 9.17) is 4.74 Å². The minimum Gasteiger partial charge on any atom is -0.501 e. The van der Waals surface area contributed by atoms with E-state index in [9.17, 15) is 24.6 Å². The van der Waals surface area contributed by atoms with Gasteiger partial charge in [0.05, 0.1) is 6.61 Å². The van der Waals surface area contributed by atoms with Crippen molar-refractivity contribution >= 4 is 11.9 Å². The van der Waals surface area contributed by atoms with Gasteiger partial charge in [0.2, 0.25) is 5.75 Å². The average Bonchev–Trinajstić information content (AvgIpc) is 2.47. The maximum atomic E-state index is 12.3. The van der Waals surface area contributed by atoms with Crippen LogP contribution in [0.1, 0.15) is 50.0 Å². The fourth-order valence-corrected chi connectivity index (χ4v) is 2.50. The Labute approximate surface area is 138 Å². The van der Waals surface area contributed by atoms with Crippen LogP contribution in [0.3, 0.4) is 0 Å². The molecule has 1 aromatic heterocycles. The second-order valence-corrected chi connectivity index (χ2v) is 6.55. The molecular weight excluding hydrogens is 318 g/mol. The van der Waals surface area contributed by atoms with Gasteiger partial charge >= 0.3 is 6.09 Å². The number of aliphatic hydroxyl groups is 1. The third-order valence-corrected chi connectivity index (χ3v) is 3.55. The molecule has 1 atom stereocenters. The Morgan fingerprint density at radius 2 is 1.96 bits per heavy atom. The standard InChI is InChI=1S/C15H21N3O6/c1-8(20)10-11(21)13(22)18-6-5-17(9(7-19)12(18)16-10)14(23)24-15(2,3)4/h9,19,21H,5-7H2,1-4H3. The first kappa shape index (κ1) is 17.9. The van der Waals surface area contributed by atoms with Crippen molar-refractivity contribution in [2.75, 3.05) is 13.2 Å². The molecule has 0 aromatic carbocycles. The number of nitrogens with zero attached hydrogens (tertiary/aromatic N) is 3. The number of ketones is 1. The fourth-order valence-electron chi connectivity index (χ4n) is 2.50. The van der Waals surface area contributed by atoms with Crippen LogP contribution in [0.5, 0.6) is 5.75 Å². The van der Waals surface area contributed by atoms with Crippen molar-refractivity contribution in [3.63, 3.8) is 0 Å². The van der Waals surface area contributed by atoms with E-state index in [0.29, 0.717) is 0 Å². The number of aromatic nitrogens is 2.